The summed E-state index contributed by atoms with van der Waals surface area (Å²) in [6.07, 6.45) is 27.6. The molecule has 0 amide bonds. The van der Waals surface area contributed by atoms with E-state index in [1.54, 1.807) is 0 Å². The van der Waals surface area contributed by atoms with Gasteiger partial charge in [-0.05, 0) is 86.6 Å². The number of allylic oxidation sites excluding steroid dienone is 2. The first-order valence-corrected chi connectivity index (χ1v) is 15.3. The number of benzene rings is 1. The van der Waals surface area contributed by atoms with Crippen LogP contribution in [-0.4, -0.2) is 17.6 Å². The van der Waals surface area contributed by atoms with Crippen molar-refractivity contribution in [2.24, 2.45) is 23.5 Å². The Labute approximate surface area is 221 Å². The van der Waals surface area contributed by atoms with Gasteiger partial charge in [-0.25, -0.2) is 0 Å². The number of hydrogen-bond acceptors (Lipinski definition) is 2. The van der Waals surface area contributed by atoms with Crippen molar-refractivity contribution in [3.05, 3.63) is 48.0 Å². The molecule has 3 rings (SSSR count). The maximum absolute atomic E-state index is 12.0. The summed E-state index contributed by atoms with van der Waals surface area (Å²) in [6.45, 7) is 0.653. The zero-order chi connectivity index (χ0) is 25.5. The van der Waals surface area contributed by atoms with Crippen molar-refractivity contribution < 1.29 is 9.90 Å². The van der Waals surface area contributed by atoms with Crippen LogP contribution in [-0.2, 0) is 10.2 Å². The minimum atomic E-state index is -0.651. The van der Waals surface area contributed by atoms with Crippen molar-refractivity contribution in [2.75, 3.05) is 6.54 Å². The number of rotatable bonds is 16. The van der Waals surface area contributed by atoms with Gasteiger partial charge < -0.3 is 10.8 Å². The lowest BCUT2D eigenvalue weighted by atomic mass is 9.62. The summed E-state index contributed by atoms with van der Waals surface area (Å²) < 4.78 is 0. The molecule has 0 heterocycles. The average molecular weight is 496 g/mol. The van der Waals surface area contributed by atoms with E-state index in [0.29, 0.717) is 12.5 Å². The summed E-state index contributed by atoms with van der Waals surface area (Å²) in [7, 11) is 0. The third-order valence-corrected chi connectivity index (χ3v) is 9.32. The van der Waals surface area contributed by atoms with E-state index >= 15 is 0 Å². The molecule has 2 atom stereocenters. The van der Waals surface area contributed by atoms with Gasteiger partial charge in [0.15, 0.2) is 0 Å². The molecule has 2 unspecified atom stereocenters. The van der Waals surface area contributed by atoms with Gasteiger partial charge >= 0.3 is 5.97 Å². The number of unbranched alkanes of at least 4 members (excludes halogenated alkanes) is 2. The van der Waals surface area contributed by atoms with Gasteiger partial charge in [-0.2, -0.15) is 0 Å². The van der Waals surface area contributed by atoms with E-state index < -0.39 is 5.97 Å². The number of aliphatic carboxylic acids is 1. The van der Waals surface area contributed by atoms with Crippen molar-refractivity contribution >= 4 is 5.97 Å². The summed E-state index contributed by atoms with van der Waals surface area (Å²) in [5, 5.41) is 9.83. The van der Waals surface area contributed by atoms with Crippen LogP contribution in [0.2, 0.25) is 0 Å². The van der Waals surface area contributed by atoms with Crippen LogP contribution in [0, 0.1) is 17.8 Å². The molecule has 1 aromatic carbocycles. The van der Waals surface area contributed by atoms with Crippen LogP contribution in [0.1, 0.15) is 128 Å². The molecule has 3 heteroatoms. The molecule has 202 valence electrons. The fraction of sp³-hybridized carbons (Fsp3) is 0.727. The number of hydrogen-bond donors (Lipinski definition) is 2. The predicted molar refractivity (Wildman–Crippen MR) is 152 cm³/mol. The molecular formula is C33H53NO2. The topological polar surface area (TPSA) is 63.3 Å². The van der Waals surface area contributed by atoms with Gasteiger partial charge in [-0.1, -0.05) is 107 Å². The second kappa shape index (κ2) is 16.3. The Bertz CT molecular complexity index is 746. The van der Waals surface area contributed by atoms with Gasteiger partial charge in [0.25, 0.3) is 0 Å². The van der Waals surface area contributed by atoms with Gasteiger partial charge in [0, 0.05) is 6.42 Å². The third kappa shape index (κ3) is 9.69. The van der Waals surface area contributed by atoms with Crippen molar-refractivity contribution in [1.82, 2.24) is 0 Å². The minimum Gasteiger partial charge on any atom is -0.481 e. The Morgan fingerprint density at radius 3 is 2.31 bits per heavy atom. The van der Waals surface area contributed by atoms with Crippen molar-refractivity contribution in [2.45, 2.75) is 127 Å². The van der Waals surface area contributed by atoms with Gasteiger partial charge in [0.05, 0.1) is 0 Å². The Hall–Kier alpha value is -1.61. The second-order valence-electron chi connectivity index (χ2n) is 11.9. The van der Waals surface area contributed by atoms with E-state index in [2.05, 4.69) is 42.5 Å². The summed E-state index contributed by atoms with van der Waals surface area (Å²) in [4.78, 5) is 12.0. The highest BCUT2D eigenvalue weighted by atomic mass is 16.4. The molecule has 0 bridgehead atoms. The van der Waals surface area contributed by atoms with Gasteiger partial charge in [0.1, 0.15) is 0 Å². The van der Waals surface area contributed by atoms with E-state index in [4.69, 9.17) is 5.73 Å². The van der Waals surface area contributed by atoms with E-state index in [-0.39, 0.29) is 17.8 Å². The minimum absolute atomic E-state index is 0.132. The van der Waals surface area contributed by atoms with Crippen LogP contribution in [0.5, 0.6) is 0 Å². The molecule has 0 saturated heterocycles. The number of carbonyl (C=O) groups is 1. The molecular weight excluding hydrogens is 442 g/mol. The van der Waals surface area contributed by atoms with Crippen LogP contribution in [0.4, 0.5) is 0 Å². The highest BCUT2D eigenvalue weighted by Gasteiger charge is 2.38. The highest BCUT2D eigenvalue weighted by molar-refractivity contribution is 5.67. The molecule has 2 aliphatic carbocycles. The highest BCUT2D eigenvalue weighted by Crippen LogP contribution is 2.47. The fourth-order valence-electron chi connectivity index (χ4n) is 7.30. The lowest BCUT2D eigenvalue weighted by Crippen LogP contribution is -2.35. The molecule has 2 aliphatic rings. The first kappa shape index (κ1) is 29.0. The Balaban J connectivity index is 1.53. The predicted octanol–water partition coefficient (Wildman–Crippen LogP) is 8.81. The summed E-state index contributed by atoms with van der Waals surface area (Å²) in [6, 6.07) is 11.0. The van der Waals surface area contributed by atoms with Crippen molar-refractivity contribution in [1.29, 1.82) is 0 Å². The molecule has 2 fully saturated rings. The third-order valence-electron chi connectivity index (χ3n) is 9.32. The molecule has 0 radical (unpaired) electrons. The maximum Gasteiger partial charge on any atom is 0.303 e. The monoisotopic (exact) mass is 495 g/mol. The van der Waals surface area contributed by atoms with Crippen LogP contribution in [0.15, 0.2) is 42.5 Å². The Morgan fingerprint density at radius 1 is 0.917 bits per heavy atom. The molecule has 0 aromatic heterocycles. The van der Waals surface area contributed by atoms with Crippen molar-refractivity contribution in [3.8, 4) is 0 Å². The van der Waals surface area contributed by atoms with E-state index in [1.807, 2.05) is 0 Å². The molecule has 2 saturated carbocycles. The van der Waals surface area contributed by atoms with E-state index in [1.165, 1.54) is 95.5 Å². The summed E-state index contributed by atoms with van der Waals surface area (Å²) >= 11 is 0. The van der Waals surface area contributed by atoms with Crippen LogP contribution >= 0.6 is 0 Å². The van der Waals surface area contributed by atoms with E-state index in [0.717, 1.165) is 31.6 Å². The molecule has 3 nitrogen and oxygen atoms in total. The smallest absolute Gasteiger partial charge is 0.303 e. The standard InChI is InChI=1S/C33H53NO2/c34-25-22-29(19-11-4-2-1-3-8-16-28-17-9-5-10-18-28)30(26-32(35)36)27-33(23-14-7-15-24-33)31-20-12-6-13-21-31/h1,3,6,12-13,20-21,28-30H,2,4-5,7-11,14-19,22-27,34H2,(H,35,36). The lowest BCUT2D eigenvalue weighted by molar-refractivity contribution is -0.138. The van der Waals surface area contributed by atoms with Crippen LogP contribution in [0.3, 0.4) is 0 Å². The van der Waals surface area contributed by atoms with E-state index in [9.17, 15) is 9.90 Å². The molecule has 3 N–H and O–H groups in total. The first-order chi connectivity index (χ1) is 17.6. The first-order valence-electron chi connectivity index (χ1n) is 15.3. The fourth-order valence-corrected chi connectivity index (χ4v) is 7.30. The van der Waals surface area contributed by atoms with Crippen LogP contribution in [0.25, 0.3) is 0 Å². The normalized spacial score (nSPS) is 20.4. The molecule has 0 spiro atoms. The SMILES string of the molecule is NCCC(CCCCC=CCCC1CCCCC1)C(CC(=O)O)CC1(c2ccccc2)CCCCC1. The second-order valence-corrected chi connectivity index (χ2v) is 11.9. The summed E-state index contributed by atoms with van der Waals surface area (Å²) in [5.41, 5.74) is 7.62. The number of carboxylic acid groups (broad SMARTS) is 1. The maximum atomic E-state index is 12.0. The molecule has 1 aromatic rings. The molecule has 36 heavy (non-hydrogen) atoms. The lowest BCUT2D eigenvalue weighted by Gasteiger charge is -2.42. The Kier molecular flexibility index (Phi) is 13.1. The number of carboxylic acids is 1. The van der Waals surface area contributed by atoms with Crippen molar-refractivity contribution in [3.63, 3.8) is 0 Å². The van der Waals surface area contributed by atoms with Gasteiger partial charge in [-0.3, -0.25) is 4.79 Å². The quantitative estimate of drug-likeness (QED) is 0.178. The average Bonchev–Trinajstić information content (AvgIpc) is 2.90. The molecule has 0 aliphatic heterocycles. The summed E-state index contributed by atoms with van der Waals surface area (Å²) in [5.74, 6) is 0.927. The largest absolute Gasteiger partial charge is 0.481 e. The van der Waals surface area contributed by atoms with Crippen LogP contribution < -0.4 is 5.73 Å². The van der Waals surface area contributed by atoms with Gasteiger partial charge in [-0.15, -0.1) is 0 Å². The van der Waals surface area contributed by atoms with Gasteiger partial charge in [0.2, 0.25) is 0 Å². The number of nitrogens with two attached hydrogens (primary N) is 1. The zero-order valence-corrected chi connectivity index (χ0v) is 22.8. The Morgan fingerprint density at radius 2 is 1.61 bits per heavy atom. The zero-order valence-electron chi connectivity index (χ0n) is 22.8.